The summed E-state index contributed by atoms with van der Waals surface area (Å²) in [7, 11) is 0. The predicted octanol–water partition coefficient (Wildman–Crippen LogP) is 1.37. The van der Waals surface area contributed by atoms with Crippen molar-refractivity contribution in [1.29, 1.82) is 0 Å². The molecular weight excluding hydrogens is 274 g/mol. The van der Waals surface area contributed by atoms with Crippen LogP contribution in [0.15, 0.2) is 5.38 Å². The molecule has 0 saturated carbocycles. The van der Waals surface area contributed by atoms with Gasteiger partial charge in [-0.3, -0.25) is 9.59 Å². The van der Waals surface area contributed by atoms with Gasteiger partial charge in [-0.05, 0) is 19.3 Å². The average Bonchev–Trinajstić information content (AvgIpc) is 2.77. The number of thiazole rings is 1. The standard InChI is InChI=1S/C14H21N3O2S/c1-9(2)6-12-14(19)17(7-13(18)16-12)5-4-11-8-20-10(3)15-11/h8-9,12H,4-7H2,1-3H3,(H,16,18). The van der Waals surface area contributed by atoms with Crippen molar-refractivity contribution in [3.63, 3.8) is 0 Å². The summed E-state index contributed by atoms with van der Waals surface area (Å²) in [5.74, 6) is 0.348. The normalized spacial score (nSPS) is 19.6. The molecule has 1 atom stereocenters. The van der Waals surface area contributed by atoms with Crippen LogP contribution in [0.5, 0.6) is 0 Å². The molecule has 1 aliphatic heterocycles. The van der Waals surface area contributed by atoms with Crippen LogP contribution in [0.2, 0.25) is 0 Å². The van der Waals surface area contributed by atoms with E-state index in [-0.39, 0.29) is 24.4 Å². The first kappa shape index (κ1) is 15.0. The Labute approximate surface area is 123 Å². The fourth-order valence-electron chi connectivity index (χ4n) is 2.37. The third kappa shape index (κ3) is 3.79. The average molecular weight is 295 g/mol. The molecule has 6 heteroatoms. The SMILES string of the molecule is Cc1nc(CCN2CC(=O)NC(CC(C)C)C2=O)cs1. The molecule has 1 aromatic rings. The summed E-state index contributed by atoms with van der Waals surface area (Å²) in [6.07, 6.45) is 1.40. The number of hydrogen-bond acceptors (Lipinski definition) is 4. The maximum atomic E-state index is 12.3. The van der Waals surface area contributed by atoms with Gasteiger partial charge in [-0.2, -0.15) is 0 Å². The van der Waals surface area contributed by atoms with Crippen LogP contribution in [-0.2, 0) is 16.0 Å². The van der Waals surface area contributed by atoms with Crippen LogP contribution in [-0.4, -0.2) is 40.8 Å². The molecule has 1 fully saturated rings. The van der Waals surface area contributed by atoms with Gasteiger partial charge in [-0.15, -0.1) is 11.3 Å². The Bertz CT molecular complexity index is 498. The Morgan fingerprint density at radius 3 is 2.85 bits per heavy atom. The van der Waals surface area contributed by atoms with Crippen LogP contribution in [0, 0.1) is 12.8 Å². The smallest absolute Gasteiger partial charge is 0.245 e. The molecule has 0 aromatic carbocycles. The van der Waals surface area contributed by atoms with E-state index in [1.165, 1.54) is 0 Å². The van der Waals surface area contributed by atoms with Gasteiger partial charge >= 0.3 is 0 Å². The van der Waals surface area contributed by atoms with Crippen LogP contribution in [0.25, 0.3) is 0 Å². The monoisotopic (exact) mass is 295 g/mol. The van der Waals surface area contributed by atoms with Crippen molar-refractivity contribution < 1.29 is 9.59 Å². The summed E-state index contributed by atoms with van der Waals surface area (Å²) >= 11 is 1.61. The molecule has 5 nitrogen and oxygen atoms in total. The number of nitrogens with zero attached hydrogens (tertiary/aromatic N) is 2. The maximum absolute atomic E-state index is 12.3. The molecule has 0 aliphatic carbocycles. The van der Waals surface area contributed by atoms with Crippen molar-refractivity contribution in [1.82, 2.24) is 15.2 Å². The van der Waals surface area contributed by atoms with Gasteiger partial charge in [0.15, 0.2) is 0 Å². The van der Waals surface area contributed by atoms with Gasteiger partial charge in [-0.1, -0.05) is 13.8 Å². The van der Waals surface area contributed by atoms with Crippen molar-refractivity contribution >= 4 is 23.2 Å². The minimum atomic E-state index is -0.367. The molecule has 1 saturated heterocycles. The Hall–Kier alpha value is -1.43. The molecule has 0 bridgehead atoms. The molecule has 1 unspecified atom stereocenters. The lowest BCUT2D eigenvalue weighted by Gasteiger charge is -2.33. The summed E-state index contributed by atoms with van der Waals surface area (Å²) < 4.78 is 0. The second-order valence-corrected chi connectivity index (χ2v) is 6.68. The van der Waals surface area contributed by atoms with E-state index in [4.69, 9.17) is 0 Å². The largest absolute Gasteiger partial charge is 0.343 e. The second kappa shape index (κ2) is 6.35. The third-order valence-electron chi connectivity index (χ3n) is 3.29. The van der Waals surface area contributed by atoms with Gasteiger partial charge in [0.1, 0.15) is 6.04 Å². The minimum absolute atomic E-state index is 0.0326. The van der Waals surface area contributed by atoms with Crippen LogP contribution >= 0.6 is 11.3 Å². The molecule has 110 valence electrons. The molecule has 2 rings (SSSR count). The fourth-order valence-corrected chi connectivity index (χ4v) is 3.01. The van der Waals surface area contributed by atoms with Gasteiger partial charge in [0.05, 0.1) is 17.2 Å². The lowest BCUT2D eigenvalue weighted by atomic mass is 10.0. The van der Waals surface area contributed by atoms with Gasteiger partial charge in [0, 0.05) is 18.3 Å². The van der Waals surface area contributed by atoms with Gasteiger partial charge in [0.25, 0.3) is 0 Å². The second-order valence-electron chi connectivity index (χ2n) is 5.62. The minimum Gasteiger partial charge on any atom is -0.343 e. The molecule has 1 N–H and O–H groups in total. The molecule has 1 aromatic heterocycles. The van der Waals surface area contributed by atoms with Gasteiger partial charge < -0.3 is 10.2 Å². The number of piperazine rings is 1. The topological polar surface area (TPSA) is 62.3 Å². The zero-order chi connectivity index (χ0) is 14.7. The fraction of sp³-hybridized carbons (Fsp3) is 0.643. The number of hydrogen-bond donors (Lipinski definition) is 1. The Morgan fingerprint density at radius 1 is 1.50 bits per heavy atom. The summed E-state index contributed by atoms with van der Waals surface area (Å²) in [4.78, 5) is 30.1. The lowest BCUT2D eigenvalue weighted by Crippen LogP contribution is -2.58. The van der Waals surface area contributed by atoms with Crippen molar-refractivity contribution in [2.45, 2.75) is 39.7 Å². The molecule has 20 heavy (non-hydrogen) atoms. The molecule has 2 heterocycles. The molecule has 2 amide bonds. The Kier molecular flexibility index (Phi) is 4.75. The zero-order valence-electron chi connectivity index (χ0n) is 12.2. The molecular formula is C14H21N3O2S. The van der Waals surface area contributed by atoms with Crippen molar-refractivity contribution in [3.05, 3.63) is 16.1 Å². The highest BCUT2D eigenvalue weighted by molar-refractivity contribution is 7.09. The Balaban J connectivity index is 1.95. The Morgan fingerprint density at radius 2 is 2.25 bits per heavy atom. The summed E-state index contributed by atoms with van der Waals surface area (Å²) in [5.41, 5.74) is 0.992. The molecule has 0 spiro atoms. The lowest BCUT2D eigenvalue weighted by molar-refractivity contribution is -0.144. The number of carbonyl (C=O) groups is 2. The van der Waals surface area contributed by atoms with Crippen molar-refractivity contribution in [2.75, 3.05) is 13.1 Å². The van der Waals surface area contributed by atoms with Gasteiger partial charge in [-0.25, -0.2) is 4.98 Å². The van der Waals surface area contributed by atoms with Gasteiger partial charge in [0.2, 0.25) is 11.8 Å². The number of carbonyl (C=O) groups excluding carboxylic acids is 2. The first-order valence-electron chi connectivity index (χ1n) is 6.95. The first-order chi connectivity index (χ1) is 9.45. The quantitative estimate of drug-likeness (QED) is 0.892. The highest BCUT2D eigenvalue weighted by Crippen LogP contribution is 2.13. The highest BCUT2D eigenvalue weighted by Gasteiger charge is 2.32. The van der Waals surface area contributed by atoms with E-state index >= 15 is 0 Å². The van der Waals surface area contributed by atoms with Crippen LogP contribution in [0.4, 0.5) is 0 Å². The summed E-state index contributed by atoms with van der Waals surface area (Å²) in [5, 5.41) is 5.82. The van der Waals surface area contributed by atoms with E-state index in [1.807, 2.05) is 12.3 Å². The number of rotatable bonds is 5. The third-order valence-corrected chi connectivity index (χ3v) is 4.11. The summed E-state index contributed by atoms with van der Waals surface area (Å²) in [6.45, 7) is 6.79. The van der Waals surface area contributed by atoms with Crippen LogP contribution in [0.3, 0.4) is 0 Å². The zero-order valence-corrected chi connectivity index (χ0v) is 13.0. The van der Waals surface area contributed by atoms with Crippen LogP contribution in [0.1, 0.15) is 31.0 Å². The van der Waals surface area contributed by atoms with E-state index in [0.29, 0.717) is 25.3 Å². The van der Waals surface area contributed by atoms with E-state index in [9.17, 15) is 9.59 Å². The summed E-state index contributed by atoms with van der Waals surface area (Å²) in [6, 6.07) is -0.367. The maximum Gasteiger partial charge on any atom is 0.245 e. The van der Waals surface area contributed by atoms with E-state index in [0.717, 1.165) is 10.7 Å². The molecule has 1 aliphatic rings. The first-order valence-corrected chi connectivity index (χ1v) is 7.83. The predicted molar refractivity (Wildman–Crippen MR) is 78.5 cm³/mol. The van der Waals surface area contributed by atoms with E-state index in [1.54, 1.807) is 16.2 Å². The van der Waals surface area contributed by atoms with Crippen LogP contribution < -0.4 is 5.32 Å². The number of aryl methyl sites for hydroxylation is 1. The number of nitrogens with one attached hydrogen (secondary N) is 1. The van der Waals surface area contributed by atoms with Crippen molar-refractivity contribution in [3.8, 4) is 0 Å². The van der Waals surface area contributed by atoms with E-state index < -0.39 is 0 Å². The van der Waals surface area contributed by atoms with Crippen molar-refractivity contribution in [2.24, 2.45) is 5.92 Å². The molecule has 0 radical (unpaired) electrons. The van der Waals surface area contributed by atoms with E-state index in [2.05, 4.69) is 24.1 Å². The number of amides is 2. The number of aromatic nitrogens is 1. The highest BCUT2D eigenvalue weighted by atomic mass is 32.1.